The molecule has 25 heavy (non-hydrogen) atoms. The maximum Gasteiger partial charge on any atom is 0.319 e. The van der Waals surface area contributed by atoms with Crippen LogP contribution >= 0.6 is 11.6 Å². The third kappa shape index (κ3) is 3.91. The Bertz CT molecular complexity index is 810. The molecule has 0 aliphatic carbocycles. The van der Waals surface area contributed by atoms with Crippen LogP contribution in [0.2, 0.25) is 5.02 Å². The zero-order chi connectivity index (χ0) is 18.0. The van der Waals surface area contributed by atoms with Gasteiger partial charge in [-0.2, -0.15) is 0 Å². The second-order valence-corrected chi connectivity index (χ2v) is 6.30. The van der Waals surface area contributed by atoms with E-state index in [2.05, 4.69) is 10.6 Å². The summed E-state index contributed by atoms with van der Waals surface area (Å²) in [4.78, 5) is 26.2. The molecule has 1 aliphatic rings. The number of nitrogens with one attached hydrogen (secondary N) is 2. The van der Waals surface area contributed by atoms with Gasteiger partial charge >= 0.3 is 6.03 Å². The molecule has 3 rings (SSSR count). The quantitative estimate of drug-likeness (QED) is 0.875. The standard InChI is InChI=1S/C18H17ClFN3O2/c1-11-2-3-12(19)10-16(11)22-18(25)21-15-8-9-23(17(15)24)14-6-4-13(20)5-7-14/h2-7,10,15H,8-9H2,1H3,(H2,21,22,25)/t15-/m0/s1. The Morgan fingerprint density at radius 3 is 2.68 bits per heavy atom. The van der Waals surface area contributed by atoms with E-state index in [-0.39, 0.29) is 11.7 Å². The van der Waals surface area contributed by atoms with Crippen molar-refractivity contribution in [2.45, 2.75) is 19.4 Å². The molecular formula is C18H17ClFN3O2. The normalized spacial score (nSPS) is 16.8. The van der Waals surface area contributed by atoms with Crippen LogP contribution in [0.3, 0.4) is 0 Å². The minimum atomic E-state index is -0.621. The molecule has 2 aromatic rings. The third-order valence-corrected chi connectivity index (χ3v) is 4.33. The number of anilines is 2. The number of hydrogen-bond donors (Lipinski definition) is 2. The molecule has 0 saturated carbocycles. The number of carbonyl (C=O) groups excluding carboxylic acids is 2. The van der Waals surface area contributed by atoms with Crippen LogP contribution in [0.25, 0.3) is 0 Å². The highest BCUT2D eigenvalue weighted by atomic mass is 35.5. The number of carbonyl (C=O) groups is 2. The molecule has 3 amide bonds. The van der Waals surface area contributed by atoms with Crippen LogP contribution in [-0.4, -0.2) is 24.5 Å². The van der Waals surface area contributed by atoms with E-state index in [1.165, 1.54) is 17.0 Å². The summed E-state index contributed by atoms with van der Waals surface area (Å²) in [6, 6.07) is 9.80. The van der Waals surface area contributed by atoms with Crippen LogP contribution in [0.4, 0.5) is 20.6 Å². The SMILES string of the molecule is Cc1ccc(Cl)cc1NC(=O)N[C@H]1CCN(c2ccc(F)cc2)C1=O. The number of urea groups is 1. The predicted molar refractivity (Wildman–Crippen MR) is 95.5 cm³/mol. The van der Waals surface area contributed by atoms with Gasteiger partial charge in [-0.25, -0.2) is 9.18 Å². The fraction of sp³-hybridized carbons (Fsp3) is 0.222. The molecule has 2 N–H and O–H groups in total. The highest BCUT2D eigenvalue weighted by Gasteiger charge is 2.33. The highest BCUT2D eigenvalue weighted by molar-refractivity contribution is 6.31. The molecule has 0 bridgehead atoms. The number of nitrogens with zero attached hydrogens (tertiary/aromatic N) is 1. The Kier molecular flexibility index (Phi) is 4.90. The summed E-state index contributed by atoms with van der Waals surface area (Å²) in [5, 5.41) is 5.90. The van der Waals surface area contributed by atoms with E-state index in [0.717, 1.165) is 5.56 Å². The number of rotatable bonds is 3. The zero-order valence-electron chi connectivity index (χ0n) is 13.6. The van der Waals surface area contributed by atoms with Gasteiger partial charge in [0.25, 0.3) is 0 Å². The predicted octanol–water partition coefficient (Wildman–Crippen LogP) is 3.71. The first-order chi connectivity index (χ1) is 11.9. The first kappa shape index (κ1) is 17.2. The maximum absolute atomic E-state index is 13.0. The molecule has 0 radical (unpaired) electrons. The molecule has 130 valence electrons. The van der Waals surface area contributed by atoms with Crippen molar-refractivity contribution < 1.29 is 14.0 Å². The Balaban J connectivity index is 1.63. The van der Waals surface area contributed by atoms with E-state index < -0.39 is 12.1 Å². The van der Waals surface area contributed by atoms with Crippen molar-refractivity contribution in [3.63, 3.8) is 0 Å². The van der Waals surface area contributed by atoms with Crippen molar-refractivity contribution in [3.8, 4) is 0 Å². The van der Waals surface area contributed by atoms with Crippen LogP contribution in [0.5, 0.6) is 0 Å². The molecule has 2 aromatic carbocycles. The monoisotopic (exact) mass is 361 g/mol. The third-order valence-electron chi connectivity index (χ3n) is 4.10. The number of hydrogen-bond acceptors (Lipinski definition) is 2. The van der Waals surface area contributed by atoms with E-state index in [1.54, 1.807) is 30.3 Å². The van der Waals surface area contributed by atoms with Crippen molar-refractivity contribution in [1.82, 2.24) is 5.32 Å². The summed E-state index contributed by atoms with van der Waals surface area (Å²) in [7, 11) is 0. The van der Waals surface area contributed by atoms with E-state index in [9.17, 15) is 14.0 Å². The topological polar surface area (TPSA) is 61.4 Å². The van der Waals surface area contributed by atoms with Gasteiger partial charge in [-0.3, -0.25) is 4.79 Å². The average Bonchev–Trinajstić information content (AvgIpc) is 2.92. The summed E-state index contributed by atoms with van der Waals surface area (Å²) in [6.07, 6.45) is 0.484. The summed E-state index contributed by atoms with van der Waals surface area (Å²) < 4.78 is 13.0. The van der Waals surface area contributed by atoms with Crippen LogP contribution in [-0.2, 0) is 4.79 Å². The van der Waals surface area contributed by atoms with Gasteiger partial charge in [0.2, 0.25) is 5.91 Å². The fourth-order valence-corrected chi connectivity index (χ4v) is 2.91. The van der Waals surface area contributed by atoms with Crippen molar-refractivity contribution in [2.75, 3.05) is 16.8 Å². The Hall–Kier alpha value is -2.60. The second kappa shape index (κ2) is 7.11. The van der Waals surface area contributed by atoms with Gasteiger partial charge in [-0.05, 0) is 55.3 Å². The van der Waals surface area contributed by atoms with Gasteiger partial charge in [-0.15, -0.1) is 0 Å². The molecule has 5 nitrogen and oxygen atoms in total. The van der Waals surface area contributed by atoms with Gasteiger partial charge in [0, 0.05) is 22.9 Å². The van der Waals surface area contributed by atoms with Crippen molar-refractivity contribution in [3.05, 3.63) is 58.9 Å². The minimum absolute atomic E-state index is 0.218. The molecule has 0 unspecified atom stereocenters. The average molecular weight is 362 g/mol. The molecule has 0 aromatic heterocycles. The maximum atomic E-state index is 13.0. The molecule has 1 heterocycles. The van der Waals surface area contributed by atoms with Crippen LogP contribution < -0.4 is 15.5 Å². The van der Waals surface area contributed by atoms with Crippen LogP contribution in [0.1, 0.15) is 12.0 Å². The minimum Gasteiger partial charge on any atom is -0.326 e. The second-order valence-electron chi connectivity index (χ2n) is 5.87. The molecule has 1 fully saturated rings. The van der Waals surface area contributed by atoms with E-state index in [1.807, 2.05) is 6.92 Å². The largest absolute Gasteiger partial charge is 0.326 e. The lowest BCUT2D eigenvalue weighted by Gasteiger charge is -2.17. The van der Waals surface area contributed by atoms with E-state index in [0.29, 0.717) is 29.4 Å². The number of benzene rings is 2. The van der Waals surface area contributed by atoms with Gasteiger partial charge in [0.05, 0.1) is 0 Å². The molecule has 0 spiro atoms. The van der Waals surface area contributed by atoms with Gasteiger partial charge in [-0.1, -0.05) is 17.7 Å². The number of aryl methyl sites for hydroxylation is 1. The summed E-state index contributed by atoms with van der Waals surface area (Å²) in [5.74, 6) is -0.578. The molecule has 1 atom stereocenters. The summed E-state index contributed by atoms with van der Waals surface area (Å²) in [6.45, 7) is 2.31. The van der Waals surface area contributed by atoms with Gasteiger partial charge in [0.15, 0.2) is 0 Å². The van der Waals surface area contributed by atoms with E-state index >= 15 is 0 Å². The summed E-state index contributed by atoms with van der Waals surface area (Å²) >= 11 is 5.93. The number of halogens is 2. The first-order valence-electron chi connectivity index (χ1n) is 7.84. The van der Waals surface area contributed by atoms with Crippen molar-refractivity contribution >= 4 is 34.9 Å². The van der Waals surface area contributed by atoms with Crippen molar-refractivity contribution in [1.29, 1.82) is 0 Å². The molecule has 1 aliphatic heterocycles. The van der Waals surface area contributed by atoms with Crippen molar-refractivity contribution in [2.24, 2.45) is 0 Å². The van der Waals surface area contributed by atoms with Crippen LogP contribution in [0, 0.1) is 12.7 Å². The Morgan fingerprint density at radius 1 is 1.24 bits per heavy atom. The van der Waals surface area contributed by atoms with Crippen LogP contribution in [0.15, 0.2) is 42.5 Å². The number of amides is 3. The lowest BCUT2D eigenvalue weighted by Crippen LogP contribution is -2.43. The Morgan fingerprint density at radius 2 is 1.96 bits per heavy atom. The lowest BCUT2D eigenvalue weighted by molar-refractivity contribution is -0.118. The van der Waals surface area contributed by atoms with Gasteiger partial charge < -0.3 is 15.5 Å². The fourth-order valence-electron chi connectivity index (χ4n) is 2.74. The molecular weight excluding hydrogens is 345 g/mol. The Labute approximate surface area is 149 Å². The zero-order valence-corrected chi connectivity index (χ0v) is 14.3. The smallest absolute Gasteiger partial charge is 0.319 e. The van der Waals surface area contributed by atoms with Gasteiger partial charge in [0.1, 0.15) is 11.9 Å². The first-order valence-corrected chi connectivity index (χ1v) is 8.22. The lowest BCUT2D eigenvalue weighted by atomic mass is 10.2. The highest BCUT2D eigenvalue weighted by Crippen LogP contribution is 2.23. The summed E-state index contributed by atoms with van der Waals surface area (Å²) in [5.41, 5.74) is 2.07. The molecule has 7 heteroatoms. The molecule has 1 saturated heterocycles. The van der Waals surface area contributed by atoms with E-state index in [4.69, 9.17) is 11.6 Å².